The lowest BCUT2D eigenvalue weighted by atomic mass is 10.0. The molecule has 0 aromatic rings. The van der Waals surface area contributed by atoms with E-state index in [2.05, 4.69) is 5.32 Å². The highest BCUT2D eigenvalue weighted by molar-refractivity contribution is 5.88. The van der Waals surface area contributed by atoms with Gasteiger partial charge in [0.05, 0.1) is 6.54 Å². The van der Waals surface area contributed by atoms with Gasteiger partial charge in [-0.3, -0.25) is 4.79 Å². The number of halogens is 3. The van der Waals surface area contributed by atoms with E-state index in [0.717, 1.165) is 0 Å². The highest BCUT2D eigenvalue weighted by Crippen LogP contribution is 2.30. The van der Waals surface area contributed by atoms with Crippen molar-refractivity contribution >= 4 is 11.9 Å². The summed E-state index contributed by atoms with van der Waals surface area (Å²) in [5.74, 6) is -3.19. The van der Waals surface area contributed by atoms with Crippen molar-refractivity contribution in [2.45, 2.75) is 44.9 Å². The van der Waals surface area contributed by atoms with Gasteiger partial charge in [-0.15, -0.1) is 0 Å². The van der Waals surface area contributed by atoms with Gasteiger partial charge in [0.15, 0.2) is 0 Å². The van der Waals surface area contributed by atoms with Gasteiger partial charge in [-0.05, 0) is 27.7 Å². The summed E-state index contributed by atoms with van der Waals surface area (Å²) in [4.78, 5) is 22.0. The van der Waals surface area contributed by atoms with E-state index in [9.17, 15) is 22.8 Å². The molecule has 0 aromatic heterocycles. The van der Waals surface area contributed by atoms with E-state index in [0.29, 0.717) is 6.92 Å². The molecule has 0 spiro atoms. The first-order valence-corrected chi connectivity index (χ1v) is 5.16. The maximum atomic E-state index is 12.6. The van der Waals surface area contributed by atoms with Gasteiger partial charge in [0.25, 0.3) is 0 Å². The molecule has 0 fully saturated rings. The predicted molar refractivity (Wildman–Crippen MR) is 58.0 cm³/mol. The monoisotopic (exact) mass is 270 g/mol. The molecular formula is C10H17F3N2O3. The molecule has 0 aliphatic carbocycles. The maximum absolute atomic E-state index is 12.6. The first kappa shape index (κ1) is 16.7. The van der Waals surface area contributed by atoms with Crippen LogP contribution >= 0.6 is 0 Å². The van der Waals surface area contributed by atoms with Crippen LogP contribution in [0.1, 0.15) is 27.7 Å². The largest absolute Gasteiger partial charge is 0.479 e. The number of carboxylic acid groups (broad SMARTS) is 1. The second kappa shape index (κ2) is 5.13. The molecule has 0 saturated carbocycles. The van der Waals surface area contributed by atoms with Crippen LogP contribution < -0.4 is 10.6 Å². The number of carboxylic acids is 1. The van der Waals surface area contributed by atoms with E-state index in [4.69, 9.17) is 5.11 Å². The first-order valence-electron chi connectivity index (χ1n) is 5.16. The Kier molecular flexibility index (Phi) is 4.76. The predicted octanol–water partition coefficient (Wildman–Crippen LogP) is 0.896. The number of carbonyl (C=O) groups is 2. The third-order valence-electron chi connectivity index (χ3n) is 2.16. The van der Waals surface area contributed by atoms with Crippen LogP contribution in [0.4, 0.5) is 13.2 Å². The molecule has 0 radical (unpaired) electrons. The third kappa shape index (κ3) is 4.52. The number of hydrogen-bond donors (Lipinski definition) is 3. The number of amides is 1. The van der Waals surface area contributed by atoms with Gasteiger partial charge < -0.3 is 15.7 Å². The summed E-state index contributed by atoms with van der Waals surface area (Å²) in [5.41, 5.74) is -3.75. The summed E-state index contributed by atoms with van der Waals surface area (Å²) in [6, 6.07) is 0. The second-order valence-electron chi connectivity index (χ2n) is 5.08. The molecule has 18 heavy (non-hydrogen) atoms. The summed E-state index contributed by atoms with van der Waals surface area (Å²) in [7, 11) is 0. The lowest BCUT2D eigenvalue weighted by Crippen LogP contribution is -2.63. The molecule has 1 atom stereocenters. The van der Waals surface area contributed by atoms with Crippen molar-refractivity contribution in [2.75, 3.05) is 6.54 Å². The topological polar surface area (TPSA) is 78.4 Å². The Morgan fingerprint density at radius 1 is 1.11 bits per heavy atom. The number of aliphatic carboxylic acids is 1. The molecule has 1 amide bonds. The fraction of sp³-hybridized carbons (Fsp3) is 0.800. The lowest BCUT2D eigenvalue weighted by molar-refractivity contribution is -0.206. The van der Waals surface area contributed by atoms with Crippen LogP contribution in [-0.4, -0.2) is 40.8 Å². The van der Waals surface area contributed by atoms with Gasteiger partial charge >= 0.3 is 12.1 Å². The van der Waals surface area contributed by atoms with Gasteiger partial charge in [-0.2, -0.15) is 13.2 Å². The standard InChI is InChI=1S/C10H17F3N2O3/c1-8(2,3)14-5-6(16)15-9(4,7(17)18)10(11,12)13/h14H,5H2,1-4H3,(H,15,16)(H,17,18). The zero-order valence-electron chi connectivity index (χ0n) is 10.6. The Hall–Kier alpha value is -1.31. The van der Waals surface area contributed by atoms with Gasteiger partial charge in [0, 0.05) is 5.54 Å². The SMILES string of the molecule is CC(C)(C)NCC(=O)NC(C)(C(=O)O)C(F)(F)F. The number of nitrogens with one attached hydrogen (secondary N) is 2. The highest BCUT2D eigenvalue weighted by Gasteiger charge is 2.58. The smallest absolute Gasteiger partial charge is 0.422 e. The second-order valence-corrected chi connectivity index (χ2v) is 5.08. The van der Waals surface area contributed by atoms with E-state index in [1.54, 1.807) is 20.8 Å². The van der Waals surface area contributed by atoms with Gasteiger partial charge in [-0.1, -0.05) is 0 Å². The number of hydrogen-bond acceptors (Lipinski definition) is 3. The van der Waals surface area contributed by atoms with Crippen molar-refractivity contribution in [1.82, 2.24) is 10.6 Å². The summed E-state index contributed by atoms with van der Waals surface area (Å²) in [6.07, 6.45) is -5.07. The Morgan fingerprint density at radius 3 is 1.83 bits per heavy atom. The van der Waals surface area contributed by atoms with E-state index in [-0.39, 0.29) is 0 Å². The van der Waals surface area contributed by atoms with E-state index in [1.165, 1.54) is 5.32 Å². The van der Waals surface area contributed by atoms with E-state index in [1.807, 2.05) is 0 Å². The van der Waals surface area contributed by atoms with Crippen molar-refractivity contribution < 1.29 is 27.9 Å². The number of rotatable bonds is 4. The minimum atomic E-state index is -5.07. The maximum Gasteiger partial charge on any atom is 0.422 e. The zero-order chi connectivity index (χ0) is 14.8. The highest BCUT2D eigenvalue weighted by atomic mass is 19.4. The van der Waals surface area contributed by atoms with Gasteiger partial charge in [-0.25, -0.2) is 4.79 Å². The molecule has 8 heteroatoms. The molecular weight excluding hydrogens is 253 g/mol. The molecule has 5 nitrogen and oxygen atoms in total. The van der Waals surface area contributed by atoms with Crippen molar-refractivity contribution in [3.05, 3.63) is 0 Å². The average molecular weight is 270 g/mol. The Morgan fingerprint density at radius 2 is 1.56 bits per heavy atom. The summed E-state index contributed by atoms with van der Waals surface area (Å²) in [5, 5.41) is 12.7. The van der Waals surface area contributed by atoms with Crippen LogP contribution in [-0.2, 0) is 9.59 Å². The van der Waals surface area contributed by atoms with Crippen LogP contribution in [0.25, 0.3) is 0 Å². The minimum Gasteiger partial charge on any atom is -0.479 e. The lowest BCUT2D eigenvalue weighted by Gasteiger charge is -2.29. The summed E-state index contributed by atoms with van der Waals surface area (Å²) in [6.45, 7) is 5.17. The molecule has 0 aromatic carbocycles. The third-order valence-corrected chi connectivity index (χ3v) is 2.16. The van der Waals surface area contributed by atoms with E-state index >= 15 is 0 Å². The Balaban J connectivity index is 4.74. The summed E-state index contributed by atoms with van der Waals surface area (Å²) < 4.78 is 37.7. The van der Waals surface area contributed by atoms with Gasteiger partial charge in [0.1, 0.15) is 0 Å². The minimum absolute atomic E-state index is 0.400. The van der Waals surface area contributed by atoms with E-state index < -0.39 is 35.7 Å². The van der Waals surface area contributed by atoms with Crippen LogP contribution in [0, 0.1) is 0 Å². The molecule has 3 N–H and O–H groups in total. The molecule has 0 aliphatic heterocycles. The van der Waals surface area contributed by atoms with Crippen molar-refractivity contribution in [1.29, 1.82) is 0 Å². The van der Waals surface area contributed by atoms with Crippen molar-refractivity contribution in [3.63, 3.8) is 0 Å². The fourth-order valence-corrected chi connectivity index (χ4v) is 0.914. The van der Waals surface area contributed by atoms with Crippen molar-refractivity contribution in [3.8, 4) is 0 Å². The molecule has 0 saturated heterocycles. The van der Waals surface area contributed by atoms with Crippen LogP contribution in [0.2, 0.25) is 0 Å². The quantitative estimate of drug-likeness (QED) is 0.709. The molecule has 0 rings (SSSR count). The molecule has 106 valence electrons. The summed E-state index contributed by atoms with van der Waals surface area (Å²) >= 11 is 0. The zero-order valence-corrected chi connectivity index (χ0v) is 10.6. The molecule has 0 aliphatic rings. The fourth-order valence-electron chi connectivity index (χ4n) is 0.914. The molecule has 1 unspecified atom stereocenters. The normalized spacial score (nSPS) is 15.9. The van der Waals surface area contributed by atoms with Crippen molar-refractivity contribution in [2.24, 2.45) is 0 Å². The van der Waals surface area contributed by atoms with Crippen LogP contribution in [0.15, 0.2) is 0 Å². The Bertz CT molecular complexity index is 336. The van der Waals surface area contributed by atoms with Gasteiger partial charge in [0.2, 0.25) is 11.4 Å². The Labute approximate surface area is 103 Å². The first-order chi connectivity index (χ1) is 7.79. The molecule has 0 heterocycles. The molecule has 0 bridgehead atoms. The average Bonchev–Trinajstić information content (AvgIpc) is 2.11. The van der Waals surface area contributed by atoms with Crippen LogP contribution in [0.3, 0.4) is 0 Å². The number of alkyl halides is 3. The van der Waals surface area contributed by atoms with Crippen LogP contribution in [0.5, 0.6) is 0 Å². The number of carbonyl (C=O) groups excluding carboxylic acids is 1.